The van der Waals surface area contributed by atoms with E-state index in [9.17, 15) is 4.79 Å². The van der Waals surface area contributed by atoms with Gasteiger partial charge in [0.05, 0.1) is 26.1 Å². The maximum Gasteiger partial charge on any atom is 0.374 e. The van der Waals surface area contributed by atoms with Gasteiger partial charge in [-0.2, -0.15) is 0 Å². The number of imidazole rings is 1. The molecule has 2 aromatic rings. The lowest BCUT2D eigenvalue weighted by Crippen LogP contribution is -2.09. The molecule has 18 heavy (non-hydrogen) atoms. The van der Waals surface area contributed by atoms with Crippen LogP contribution in [0.1, 0.15) is 10.6 Å². The van der Waals surface area contributed by atoms with E-state index in [-0.39, 0.29) is 5.82 Å². The highest BCUT2D eigenvalue weighted by atomic mass is 16.5. The lowest BCUT2D eigenvalue weighted by molar-refractivity contribution is 0.0583. The smallest absolute Gasteiger partial charge is 0.374 e. The van der Waals surface area contributed by atoms with Crippen LogP contribution in [0.5, 0.6) is 5.75 Å². The number of carbonyl (C=O) groups excluding carboxylic acids is 1. The summed E-state index contributed by atoms with van der Waals surface area (Å²) in [6, 6.07) is 7.55. The molecule has 0 unspecified atom stereocenters. The summed E-state index contributed by atoms with van der Waals surface area (Å²) >= 11 is 0. The van der Waals surface area contributed by atoms with E-state index < -0.39 is 5.97 Å². The number of aromatic nitrogens is 2. The van der Waals surface area contributed by atoms with Gasteiger partial charge in [-0.15, -0.1) is 0 Å². The molecular formula is C13H14N2O3. The molecule has 0 spiro atoms. The molecule has 5 nitrogen and oxygen atoms in total. The number of ether oxygens (including phenoxy) is 2. The van der Waals surface area contributed by atoms with Gasteiger partial charge in [-0.25, -0.2) is 9.78 Å². The maximum atomic E-state index is 11.5. The van der Waals surface area contributed by atoms with Crippen LogP contribution in [-0.4, -0.2) is 29.7 Å². The zero-order valence-electron chi connectivity index (χ0n) is 10.5. The second-order valence-corrected chi connectivity index (χ2v) is 3.75. The molecule has 0 fully saturated rings. The molecule has 0 aliphatic carbocycles. The van der Waals surface area contributed by atoms with Crippen LogP contribution in [0.4, 0.5) is 0 Å². The first-order chi connectivity index (χ1) is 8.67. The molecule has 5 heteroatoms. The van der Waals surface area contributed by atoms with Gasteiger partial charge >= 0.3 is 5.97 Å². The van der Waals surface area contributed by atoms with Crippen molar-refractivity contribution in [1.29, 1.82) is 0 Å². The third-order valence-electron chi connectivity index (χ3n) is 2.74. The van der Waals surface area contributed by atoms with Crippen molar-refractivity contribution in [3.05, 3.63) is 36.3 Å². The van der Waals surface area contributed by atoms with E-state index >= 15 is 0 Å². The summed E-state index contributed by atoms with van der Waals surface area (Å²) in [4.78, 5) is 15.5. The summed E-state index contributed by atoms with van der Waals surface area (Å²) in [6.07, 6.45) is 1.65. The quantitative estimate of drug-likeness (QED) is 0.776. The Morgan fingerprint density at radius 1 is 1.22 bits per heavy atom. The number of esters is 1. The Morgan fingerprint density at radius 3 is 2.44 bits per heavy atom. The van der Waals surface area contributed by atoms with Crippen LogP contribution in [0.3, 0.4) is 0 Å². The highest BCUT2D eigenvalue weighted by molar-refractivity contribution is 5.86. The van der Waals surface area contributed by atoms with Crippen molar-refractivity contribution in [3.63, 3.8) is 0 Å². The van der Waals surface area contributed by atoms with Crippen LogP contribution >= 0.6 is 0 Å². The Morgan fingerprint density at radius 2 is 1.89 bits per heavy atom. The second kappa shape index (κ2) is 4.91. The topological polar surface area (TPSA) is 53.4 Å². The number of carbonyl (C=O) groups is 1. The minimum atomic E-state index is -0.447. The van der Waals surface area contributed by atoms with Gasteiger partial charge in [-0.05, 0) is 24.3 Å². The van der Waals surface area contributed by atoms with Crippen molar-refractivity contribution < 1.29 is 14.3 Å². The Kier molecular flexibility index (Phi) is 3.32. The van der Waals surface area contributed by atoms with Crippen LogP contribution in [0, 0.1) is 0 Å². The summed E-state index contributed by atoms with van der Waals surface area (Å²) in [6.45, 7) is 0. The Bertz CT molecular complexity index is 558. The van der Waals surface area contributed by atoms with E-state index in [0.29, 0.717) is 0 Å². The molecule has 1 aromatic heterocycles. The highest BCUT2D eigenvalue weighted by Gasteiger charge is 2.15. The van der Waals surface area contributed by atoms with Crippen LogP contribution in [0.15, 0.2) is 30.5 Å². The van der Waals surface area contributed by atoms with E-state index in [0.717, 1.165) is 17.0 Å². The third kappa shape index (κ3) is 2.07. The molecule has 0 saturated carbocycles. The molecule has 0 amide bonds. The highest BCUT2D eigenvalue weighted by Crippen LogP contribution is 2.22. The van der Waals surface area contributed by atoms with E-state index in [4.69, 9.17) is 4.74 Å². The average molecular weight is 246 g/mol. The molecule has 0 atom stereocenters. The lowest BCUT2D eigenvalue weighted by Gasteiger charge is -2.05. The van der Waals surface area contributed by atoms with E-state index in [1.807, 2.05) is 24.3 Å². The summed E-state index contributed by atoms with van der Waals surface area (Å²) in [5.41, 5.74) is 1.80. The molecule has 0 aliphatic heterocycles. The molecule has 2 rings (SSSR count). The molecule has 0 bridgehead atoms. The molecule has 0 N–H and O–H groups in total. The standard InChI is InChI=1S/C13H14N2O3/c1-15-11(8-14-12(15)13(16)18-3)9-4-6-10(17-2)7-5-9/h4-8H,1-3H3. The van der Waals surface area contributed by atoms with Crippen LogP contribution < -0.4 is 4.74 Å². The fourth-order valence-electron chi connectivity index (χ4n) is 1.72. The van der Waals surface area contributed by atoms with Gasteiger partial charge in [-0.1, -0.05) is 0 Å². The SMILES string of the molecule is COC(=O)c1ncc(-c2ccc(OC)cc2)n1C. The van der Waals surface area contributed by atoms with Crippen LogP contribution in [0.2, 0.25) is 0 Å². The van der Waals surface area contributed by atoms with Crippen LogP contribution in [0.25, 0.3) is 11.3 Å². The van der Waals surface area contributed by atoms with E-state index in [1.54, 1.807) is 24.9 Å². The number of rotatable bonds is 3. The first kappa shape index (κ1) is 12.2. The van der Waals surface area contributed by atoms with Gasteiger partial charge in [0.25, 0.3) is 0 Å². The minimum absolute atomic E-state index is 0.281. The molecule has 1 heterocycles. The van der Waals surface area contributed by atoms with Gasteiger partial charge in [0, 0.05) is 12.6 Å². The largest absolute Gasteiger partial charge is 0.497 e. The number of hydrogen-bond donors (Lipinski definition) is 0. The maximum absolute atomic E-state index is 11.5. The number of benzene rings is 1. The van der Waals surface area contributed by atoms with Gasteiger partial charge in [-0.3, -0.25) is 0 Å². The second-order valence-electron chi connectivity index (χ2n) is 3.75. The number of hydrogen-bond acceptors (Lipinski definition) is 4. The predicted molar refractivity (Wildman–Crippen MR) is 66.5 cm³/mol. The van der Waals surface area contributed by atoms with Crippen molar-refractivity contribution in [2.45, 2.75) is 0 Å². The molecule has 0 saturated heterocycles. The van der Waals surface area contributed by atoms with Gasteiger partial charge < -0.3 is 14.0 Å². The van der Waals surface area contributed by atoms with Crippen molar-refractivity contribution in [3.8, 4) is 17.0 Å². The third-order valence-corrected chi connectivity index (χ3v) is 2.74. The normalized spacial score (nSPS) is 10.2. The Labute approximate surface area is 105 Å². The average Bonchev–Trinajstić information content (AvgIpc) is 2.80. The van der Waals surface area contributed by atoms with Crippen LogP contribution in [-0.2, 0) is 11.8 Å². The minimum Gasteiger partial charge on any atom is -0.497 e. The first-order valence-electron chi connectivity index (χ1n) is 5.42. The van der Waals surface area contributed by atoms with E-state index in [2.05, 4.69) is 9.72 Å². The van der Waals surface area contributed by atoms with Crippen molar-refractivity contribution in [2.24, 2.45) is 7.05 Å². The summed E-state index contributed by atoms with van der Waals surface area (Å²) in [7, 11) is 4.73. The molecule has 1 aromatic carbocycles. The van der Waals surface area contributed by atoms with Gasteiger partial charge in [0.15, 0.2) is 0 Å². The fraction of sp³-hybridized carbons (Fsp3) is 0.231. The molecular weight excluding hydrogens is 232 g/mol. The Balaban J connectivity index is 2.39. The molecule has 0 radical (unpaired) electrons. The Hall–Kier alpha value is -2.30. The number of nitrogens with zero attached hydrogens (tertiary/aromatic N) is 2. The molecule has 0 aliphatic rings. The van der Waals surface area contributed by atoms with Crippen molar-refractivity contribution in [1.82, 2.24) is 9.55 Å². The first-order valence-corrected chi connectivity index (χ1v) is 5.42. The fourth-order valence-corrected chi connectivity index (χ4v) is 1.72. The van der Waals surface area contributed by atoms with Gasteiger partial charge in [0.2, 0.25) is 5.82 Å². The zero-order valence-corrected chi connectivity index (χ0v) is 10.5. The summed E-state index contributed by atoms with van der Waals surface area (Å²) in [5.74, 6) is 0.620. The summed E-state index contributed by atoms with van der Waals surface area (Å²) < 4.78 is 11.5. The lowest BCUT2D eigenvalue weighted by atomic mass is 10.1. The summed E-state index contributed by atoms with van der Waals surface area (Å²) in [5, 5.41) is 0. The van der Waals surface area contributed by atoms with Crippen molar-refractivity contribution in [2.75, 3.05) is 14.2 Å². The number of methoxy groups -OCH3 is 2. The molecule has 94 valence electrons. The van der Waals surface area contributed by atoms with Gasteiger partial charge in [0.1, 0.15) is 5.75 Å². The zero-order chi connectivity index (χ0) is 13.1. The monoisotopic (exact) mass is 246 g/mol. The predicted octanol–water partition coefficient (Wildman–Crippen LogP) is 1.88. The van der Waals surface area contributed by atoms with Crippen molar-refractivity contribution >= 4 is 5.97 Å². The van der Waals surface area contributed by atoms with E-state index in [1.165, 1.54) is 7.11 Å².